The van der Waals surface area contributed by atoms with Gasteiger partial charge in [-0.25, -0.2) is 4.98 Å². The van der Waals surface area contributed by atoms with Crippen molar-refractivity contribution in [3.05, 3.63) is 65.1 Å². The predicted molar refractivity (Wildman–Crippen MR) is 97.8 cm³/mol. The molecule has 24 heavy (non-hydrogen) atoms. The Kier molecular flexibility index (Phi) is 4.38. The fourth-order valence-corrected chi connectivity index (χ4v) is 2.98. The highest BCUT2D eigenvalue weighted by atomic mass is 16.2. The van der Waals surface area contributed by atoms with Crippen molar-refractivity contribution in [1.82, 2.24) is 9.38 Å². The number of hydrogen-bond donors (Lipinski definition) is 1. The van der Waals surface area contributed by atoms with Gasteiger partial charge in [-0.1, -0.05) is 32.0 Å². The molecular formula is C20H23N3O. The number of nitrogens with one attached hydrogen (secondary N) is 1. The van der Waals surface area contributed by atoms with Gasteiger partial charge in [-0.3, -0.25) is 9.20 Å². The number of rotatable bonds is 4. The van der Waals surface area contributed by atoms with Gasteiger partial charge in [-0.2, -0.15) is 0 Å². The summed E-state index contributed by atoms with van der Waals surface area (Å²) in [5.74, 6) is 0.270. The van der Waals surface area contributed by atoms with Crippen molar-refractivity contribution >= 4 is 17.2 Å². The molecule has 2 heterocycles. The van der Waals surface area contributed by atoms with Crippen LogP contribution < -0.4 is 5.32 Å². The molecule has 0 aliphatic rings. The molecule has 1 atom stereocenters. The average Bonchev–Trinajstić information content (AvgIpc) is 2.89. The van der Waals surface area contributed by atoms with Gasteiger partial charge in [0, 0.05) is 11.9 Å². The fraction of sp³-hybridized carbons (Fsp3) is 0.300. The first-order chi connectivity index (χ1) is 11.5. The molecule has 0 spiro atoms. The number of fused-ring (bicyclic) bond motifs is 1. The van der Waals surface area contributed by atoms with E-state index < -0.39 is 0 Å². The number of pyridine rings is 1. The summed E-state index contributed by atoms with van der Waals surface area (Å²) in [5, 5.41) is 3.08. The number of benzene rings is 1. The average molecular weight is 321 g/mol. The van der Waals surface area contributed by atoms with Gasteiger partial charge in [0.2, 0.25) is 0 Å². The van der Waals surface area contributed by atoms with E-state index in [2.05, 4.69) is 30.2 Å². The minimum absolute atomic E-state index is 0.125. The van der Waals surface area contributed by atoms with Crippen LogP contribution in [0.25, 0.3) is 5.65 Å². The first-order valence-electron chi connectivity index (χ1n) is 8.36. The van der Waals surface area contributed by atoms with Crippen LogP contribution in [0.2, 0.25) is 0 Å². The zero-order valence-corrected chi connectivity index (χ0v) is 14.6. The molecule has 0 fully saturated rings. The lowest BCUT2D eigenvalue weighted by Gasteiger charge is -2.15. The number of imidazole rings is 1. The third kappa shape index (κ3) is 2.92. The lowest BCUT2D eigenvalue weighted by Crippen LogP contribution is -2.17. The molecule has 2 aromatic heterocycles. The summed E-state index contributed by atoms with van der Waals surface area (Å²) in [7, 11) is 0. The summed E-state index contributed by atoms with van der Waals surface area (Å²) in [6.07, 6.45) is 2.93. The van der Waals surface area contributed by atoms with Gasteiger partial charge in [0.05, 0.1) is 5.69 Å². The zero-order chi connectivity index (χ0) is 17.3. The van der Waals surface area contributed by atoms with E-state index in [0.717, 1.165) is 34.6 Å². The lowest BCUT2D eigenvalue weighted by molar-refractivity contribution is 0.102. The van der Waals surface area contributed by atoms with Crippen LogP contribution in [0.3, 0.4) is 0 Å². The van der Waals surface area contributed by atoms with Crippen molar-refractivity contribution in [2.24, 2.45) is 0 Å². The smallest absolute Gasteiger partial charge is 0.274 e. The quantitative estimate of drug-likeness (QED) is 0.756. The van der Waals surface area contributed by atoms with Crippen molar-refractivity contribution in [2.75, 3.05) is 5.32 Å². The van der Waals surface area contributed by atoms with Crippen LogP contribution in [-0.2, 0) is 0 Å². The molecule has 0 saturated carbocycles. The maximum Gasteiger partial charge on any atom is 0.274 e. The summed E-state index contributed by atoms with van der Waals surface area (Å²) >= 11 is 0. The number of para-hydroxylation sites is 1. The van der Waals surface area contributed by atoms with Gasteiger partial charge in [0.15, 0.2) is 0 Å². The van der Waals surface area contributed by atoms with E-state index in [9.17, 15) is 4.79 Å². The highest BCUT2D eigenvalue weighted by molar-refractivity contribution is 6.04. The van der Waals surface area contributed by atoms with E-state index >= 15 is 0 Å². The number of anilines is 1. The number of carbonyl (C=O) groups excluding carboxylic acids is 1. The van der Waals surface area contributed by atoms with Gasteiger partial charge in [0.1, 0.15) is 11.3 Å². The van der Waals surface area contributed by atoms with E-state index in [0.29, 0.717) is 11.6 Å². The summed E-state index contributed by atoms with van der Waals surface area (Å²) in [5.41, 5.74) is 5.28. The molecule has 0 aliphatic carbocycles. The topological polar surface area (TPSA) is 46.4 Å². The van der Waals surface area contributed by atoms with Crippen LogP contribution in [0.4, 0.5) is 5.69 Å². The monoisotopic (exact) mass is 321 g/mol. The summed E-state index contributed by atoms with van der Waals surface area (Å²) in [6, 6.07) is 12.0. The first kappa shape index (κ1) is 16.2. The predicted octanol–water partition coefficient (Wildman–Crippen LogP) is 4.72. The second-order valence-corrected chi connectivity index (χ2v) is 6.33. The van der Waals surface area contributed by atoms with E-state index in [4.69, 9.17) is 0 Å². The van der Waals surface area contributed by atoms with Crippen LogP contribution in [0, 0.1) is 13.8 Å². The molecule has 3 aromatic rings. The largest absolute Gasteiger partial charge is 0.320 e. The van der Waals surface area contributed by atoms with Crippen molar-refractivity contribution in [3.8, 4) is 0 Å². The van der Waals surface area contributed by atoms with Gasteiger partial charge in [-0.15, -0.1) is 0 Å². The Hall–Kier alpha value is -2.62. The van der Waals surface area contributed by atoms with Crippen LogP contribution in [0.15, 0.2) is 42.6 Å². The zero-order valence-electron chi connectivity index (χ0n) is 14.6. The molecule has 124 valence electrons. The Morgan fingerprint density at radius 2 is 2.00 bits per heavy atom. The van der Waals surface area contributed by atoms with E-state index in [-0.39, 0.29) is 5.91 Å². The second kappa shape index (κ2) is 6.48. The Morgan fingerprint density at radius 1 is 1.25 bits per heavy atom. The van der Waals surface area contributed by atoms with Crippen LogP contribution in [0.1, 0.15) is 53.5 Å². The Morgan fingerprint density at radius 3 is 2.75 bits per heavy atom. The highest BCUT2D eigenvalue weighted by Crippen LogP contribution is 2.27. The number of carbonyl (C=O) groups is 1. The molecule has 1 unspecified atom stereocenters. The van der Waals surface area contributed by atoms with Crippen LogP contribution >= 0.6 is 0 Å². The lowest BCUT2D eigenvalue weighted by atomic mass is 9.97. The van der Waals surface area contributed by atoms with Gasteiger partial charge in [0.25, 0.3) is 5.91 Å². The van der Waals surface area contributed by atoms with Crippen molar-refractivity contribution in [3.63, 3.8) is 0 Å². The second-order valence-electron chi connectivity index (χ2n) is 6.33. The van der Waals surface area contributed by atoms with E-state index in [1.807, 2.05) is 54.8 Å². The SMILES string of the molecule is CCC(C)c1ccccc1NC(=O)c1c(C)nc2cc(C)ccn12. The van der Waals surface area contributed by atoms with Crippen LogP contribution in [-0.4, -0.2) is 15.3 Å². The number of aromatic nitrogens is 2. The number of hydrogen-bond acceptors (Lipinski definition) is 2. The highest BCUT2D eigenvalue weighted by Gasteiger charge is 2.18. The molecule has 0 bridgehead atoms. The number of aryl methyl sites for hydroxylation is 2. The maximum absolute atomic E-state index is 12.9. The molecule has 0 radical (unpaired) electrons. The summed E-state index contributed by atoms with van der Waals surface area (Å²) < 4.78 is 1.85. The molecule has 0 aliphatic heterocycles. The normalized spacial score (nSPS) is 12.3. The maximum atomic E-state index is 12.9. The minimum atomic E-state index is -0.125. The van der Waals surface area contributed by atoms with Crippen molar-refractivity contribution < 1.29 is 4.79 Å². The Bertz CT molecular complexity index is 895. The van der Waals surface area contributed by atoms with Gasteiger partial charge >= 0.3 is 0 Å². The molecule has 1 amide bonds. The number of amides is 1. The summed E-state index contributed by atoms with van der Waals surface area (Å²) in [4.78, 5) is 17.4. The fourth-order valence-electron chi connectivity index (χ4n) is 2.98. The molecule has 4 heteroatoms. The Balaban J connectivity index is 1.98. The minimum Gasteiger partial charge on any atom is -0.320 e. The molecule has 3 rings (SSSR count). The standard InChI is InChI=1S/C20H23N3O/c1-5-14(3)16-8-6-7-9-17(16)22-20(24)19-15(4)21-18-12-13(2)10-11-23(18)19/h6-12,14H,5H2,1-4H3,(H,22,24). The van der Waals surface area contributed by atoms with Gasteiger partial charge < -0.3 is 5.32 Å². The number of nitrogens with zero attached hydrogens (tertiary/aromatic N) is 2. The Labute approximate surface area is 142 Å². The van der Waals surface area contributed by atoms with Crippen molar-refractivity contribution in [2.45, 2.75) is 40.0 Å². The molecule has 1 aromatic carbocycles. The van der Waals surface area contributed by atoms with E-state index in [1.54, 1.807) is 0 Å². The first-order valence-corrected chi connectivity index (χ1v) is 8.36. The third-order valence-corrected chi connectivity index (χ3v) is 4.52. The molecule has 1 N–H and O–H groups in total. The molecule has 0 saturated heterocycles. The summed E-state index contributed by atoms with van der Waals surface area (Å²) in [6.45, 7) is 8.22. The molecular weight excluding hydrogens is 298 g/mol. The molecule has 4 nitrogen and oxygen atoms in total. The van der Waals surface area contributed by atoms with Crippen molar-refractivity contribution in [1.29, 1.82) is 0 Å². The van der Waals surface area contributed by atoms with E-state index in [1.165, 1.54) is 0 Å². The third-order valence-electron chi connectivity index (χ3n) is 4.52. The van der Waals surface area contributed by atoms with Crippen LogP contribution in [0.5, 0.6) is 0 Å². The van der Waals surface area contributed by atoms with Gasteiger partial charge in [-0.05, 0) is 55.5 Å².